The van der Waals surface area contributed by atoms with Crippen molar-refractivity contribution >= 4 is 33.5 Å². The fourth-order valence-corrected chi connectivity index (χ4v) is 14.6. The van der Waals surface area contributed by atoms with Gasteiger partial charge in [-0.2, -0.15) is 0 Å². The Morgan fingerprint density at radius 3 is 0.956 bits per heavy atom. The molecule has 0 radical (unpaired) electrons. The summed E-state index contributed by atoms with van der Waals surface area (Å²) in [6.45, 7) is 13.7. The van der Waals surface area contributed by atoms with E-state index in [4.69, 9.17) is 28.4 Å². The molecule has 0 bridgehead atoms. The summed E-state index contributed by atoms with van der Waals surface area (Å²) in [5, 5.41) is 3.53. The fourth-order valence-electron chi connectivity index (χ4n) is 14.6. The zero-order valence-corrected chi connectivity index (χ0v) is 71.7. The molecule has 27 heteroatoms. The SMILES string of the molecule is CC(C)=CCC/C(C)=C/CNCCCCCCCCCCCn1c(=O)c2c(ncn2C)n(C)c1=O.COc1cc(CN(C)CCCCCCCCCCCn2c(=O)c3c(ncn3C)n(C)c2=O)cc(OC)c1OC.COc1cc(CN(C)CCCCCCCCCCCn2c(=O)c3c(ncn3C)n(C)c2=O)cc(OC)c1OC. The Kier molecular flexibility index (Phi) is 40.8. The first-order chi connectivity index (χ1) is 54.5. The molecule has 0 aliphatic heterocycles. The lowest BCUT2D eigenvalue weighted by Gasteiger charge is -2.19. The Balaban J connectivity index is 0.000000265. The van der Waals surface area contributed by atoms with Gasteiger partial charge in [-0.1, -0.05) is 158 Å². The number of fused-ring (bicyclic) bond motifs is 3. The number of nitrogens with one attached hydrogen (secondary N) is 1. The number of imidazole rings is 3. The van der Waals surface area contributed by atoms with Crippen LogP contribution in [0.1, 0.15) is 218 Å². The van der Waals surface area contributed by atoms with Crippen molar-refractivity contribution in [1.29, 1.82) is 0 Å². The third-order valence-corrected chi connectivity index (χ3v) is 21.2. The molecule has 0 saturated carbocycles. The molecular weight excluding hydrogens is 1440 g/mol. The van der Waals surface area contributed by atoms with E-state index in [-0.39, 0.29) is 33.7 Å². The zero-order chi connectivity index (χ0) is 82.4. The molecule has 0 spiro atoms. The molecule has 1 N–H and O–H groups in total. The van der Waals surface area contributed by atoms with E-state index in [1.54, 1.807) is 118 Å². The standard InChI is InChI=1S/2C29H45N5O5.C28H47N5O2/c2*1-31(20-22-18-23(37-4)26(39-6)24(19-22)38-5)16-14-12-10-8-7-9-11-13-15-17-34-28(35)25-27(30-21-32(25)2)33(3)29(34)36;1-23(2)16-15-17-24(3)18-20-29-19-13-11-9-7-6-8-10-12-14-21-33-27(34)25-26(30-22-31(25)4)32(5)28(33)35/h2*18-19,21H,7-17,20H2,1-6H3;16,18,22,29H,6-15,17,19-21H2,1-5H3/b;;24-18+. The Labute approximate surface area is 669 Å². The van der Waals surface area contributed by atoms with Crippen LogP contribution in [0.15, 0.2) is 95.3 Å². The van der Waals surface area contributed by atoms with Gasteiger partial charge < -0.3 is 57.2 Å². The Bertz CT molecular complexity index is 4400. The van der Waals surface area contributed by atoms with Gasteiger partial charge >= 0.3 is 17.1 Å². The molecule has 0 saturated heterocycles. The maximum Gasteiger partial charge on any atom is 0.332 e. The summed E-state index contributed by atoms with van der Waals surface area (Å²) in [6.07, 6.45) is 42.9. The average molecular weight is 1570 g/mol. The van der Waals surface area contributed by atoms with Crippen LogP contribution >= 0.6 is 0 Å². The van der Waals surface area contributed by atoms with Gasteiger partial charge in [0.2, 0.25) is 11.5 Å². The molecule has 0 aliphatic rings. The monoisotopic (exact) mass is 1570 g/mol. The van der Waals surface area contributed by atoms with Crippen LogP contribution in [0.25, 0.3) is 33.5 Å². The Morgan fingerprint density at radius 2 is 0.673 bits per heavy atom. The minimum atomic E-state index is -0.291. The van der Waals surface area contributed by atoms with Crippen LogP contribution in [-0.4, -0.2) is 149 Å². The van der Waals surface area contributed by atoms with Crippen molar-refractivity contribution in [2.45, 2.75) is 240 Å². The number of aryl methyl sites for hydroxylation is 6. The zero-order valence-electron chi connectivity index (χ0n) is 71.7. The molecule has 0 atom stereocenters. The van der Waals surface area contributed by atoms with Crippen LogP contribution in [-0.2, 0) is 75.0 Å². The number of rotatable bonds is 51. The molecule has 6 heterocycles. The van der Waals surface area contributed by atoms with Gasteiger partial charge in [-0.15, -0.1) is 0 Å². The van der Waals surface area contributed by atoms with Crippen molar-refractivity contribution in [1.82, 2.24) is 71.2 Å². The summed E-state index contributed by atoms with van der Waals surface area (Å²) >= 11 is 0. The van der Waals surface area contributed by atoms with Crippen LogP contribution < -0.4 is 67.5 Å². The van der Waals surface area contributed by atoms with Crippen LogP contribution in [0.2, 0.25) is 0 Å². The molecule has 0 unspecified atom stereocenters. The lowest BCUT2D eigenvalue weighted by Crippen LogP contribution is -2.39. The number of methoxy groups -OCH3 is 6. The van der Waals surface area contributed by atoms with Crippen LogP contribution in [0.4, 0.5) is 0 Å². The van der Waals surface area contributed by atoms with Gasteiger partial charge in [0.1, 0.15) is 0 Å². The van der Waals surface area contributed by atoms with Gasteiger partial charge in [-0.05, 0) is 141 Å². The van der Waals surface area contributed by atoms with Gasteiger partial charge in [-0.3, -0.25) is 41.8 Å². The maximum atomic E-state index is 12.8. The van der Waals surface area contributed by atoms with Crippen LogP contribution in [0.5, 0.6) is 34.5 Å². The number of nitrogens with zero attached hydrogens (tertiary/aromatic N) is 14. The third-order valence-electron chi connectivity index (χ3n) is 21.2. The molecule has 0 aliphatic carbocycles. The molecule has 8 rings (SSSR count). The first kappa shape index (κ1) is 92.9. The number of ether oxygens (including phenoxy) is 6. The second-order valence-electron chi connectivity index (χ2n) is 30.6. The van der Waals surface area contributed by atoms with E-state index in [0.717, 1.165) is 121 Å². The molecule has 27 nitrogen and oxygen atoms in total. The highest BCUT2D eigenvalue weighted by Gasteiger charge is 2.20. The molecule has 6 aromatic heterocycles. The lowest BCUT2D eigenvalue weighted by molar-refractivity contribution is 0.307. The number of benzene rings is 2. The molecule has 2 aromatic carbocycles. The first-order valence-corrected chi connectivity index (χ1v) is 41.2. The van der Waals surface area contributed by atoms with E-state index < -0.39 is 0 Å². The first-order valence-electron chi connectivity index (χ1n) is 41.2. The largest absolute Gasteiger partial charge is 0.493 e. The van der Waals surface area contributed by atoms with Crippen molar-refractivity contribution < 1.29 is 28.4 Å². The Morgan fingerprint density at radius 1 is 0.389 bits per heavy atom. The molecule has 0 fully saturated rings. The van der Waals surface area contributed by atoms with Crippen LogP contribution in [0, 0.1) is 0 Å². The van der Waals surface area contributed by atoms with Crippen molar-refractivity contribution in [3.63, 3.8) is 0 Å². The van der Waals surface area contributed by atoms with Crippen molar-refractivity contribution in [2.24, 2.45) is 42.3 Å². The second-order valence-corrected chi connectivity index (χ2v) is 30.6. The van der Waals surface area contributed by atoms with Gasteiger partial charge in [-0.25, -0.2) is 29.3 Å². The number of allylic oxidation sites excluding steroid dienone is 3. The summed E-state index contributed by atoms with van der Waals surface area (Å²) < 4.78 is 46.2. The van der Waals surface area contributed by atoms with E-state index >= 15 is 0 Å². The lowest BCUT2D eigenvalue weighted by atomic mass is 10.1. The highest BCUT2D eigenvalue weighted by atomic mass is 16.5. The van der Waals surface area contributed by atoms with Gasteiger partial charge in [0.05, 0.1) is 61.6 Å². The highest BCUT2D eigenvalue weighted by molar-refractivity contribution is 5.71. The van der Waals surface area contributed by atoms with Gasteiger partial charge in [0.15, 0.2) is 56.5 Å². The number of hydrogen-bond donors (Lipinski definition) is 1. The number of aromatic nitrogens is 12. The van der Waals surface area contributed by atoms with Crippen LogP contribution in [0.3, 0.4) is 0 Å². The molecule has 0 amide bonds. The molecule has 113 heavy (non-hydrogen) atoms. The third kappa shape index (κ3) is 28.2. The van der Waals surface area contributed by atoms with Gasteiger partial charge in [0, 0.05) is 81.6 Å². The van der Waals surface area contributed by atoms with E-state index in [1.807, 2.05) is 24.3 Å². The predicted octanol–water partition coefficient (Wildman–Crippen LogP) is 13.4. The number of unbranched alkanes of at least 4 members (excludes halogenated alkanes) is 24. The summed E-state index contributed by atoms with van der Waals surface area (Å²) in [5.74, 6) is 3.98. The summed E-state index contributed by atoms with van der Waals surface area (Å²) in [5.41, 5.74) is 6.32. The smallest absolute Gasteiger partial charge is 0.332 e. The average Bonchev–Trinajstić information content (AvgIpc) is 1.59. The van der Waals surface area contributed by atoms with Crippen molar-refractivity contribution in [3.05, 3.63) is 140 Å². The molecular formula is C86H137N15O12. The molecule has 8 aromatic rings. The minimum absolute atomic E-state index is 0.233. The summed E-state index contributed by atoms with van der Waals surface area (Å²) in [4.78, 5) is 93.1. The normalized spacial score (nSPS) is 11.6. The van der Waals surface area contributed by atoms with E-state index in [1.165, 1.54) is 154 Å². The summed E-state index contributed by atoms with van der Waals surface area (Å²) in [6, 6.07) is 8.04. The van der Waals surface area contributed by atoms with Crippen molar-refractivity contribution in [2.75, 3.05) is 82.9 Å². The number of hydrogen-bond acceptors (Lipinski definition) is 18. The maximum absolute atomic E-state index is 12.8. The summed E-state index contributed by atoms with van der Waals surface area (Å²) in [7, 11) is 24.4. The van der Waals surface area contributed by atoms with E-state index in [9.17, 15) is 28.8 Å². The van der Waals surface area contributed by atoms with Gasteiger partial charge in [0.25, 0.3) is 16.7 Å². The van der Waals surface area contributed by atoms with E-state index in [2.05, 4.69) is 77.1 Å². The van der Waals surface area contributed by atoms with E-state index in [0.29, 0.717) is 87.6 Å². The molecule has 628 valence electrons. The highest BCUT2D eigenvalue weighted by Crippen LogP contribution is 2.40. The fraction of sp³-hybridized carbons (Fsp3) is 0.640. The Hall–Kier alpha value is -8.95. The van der Waals surface area contributed by atoms with Crippen molar-refractivity contribution in [3.8, 4) is 34.5 Å². The second kappa shape index (κ2) is 49.6. The topological polar surface area (TPSA) is 259 Å². The minimum Gasteiger partial charge on any atom is -0.493 e. The predicted molar refractivity (Wildman–Crippen MR) is 455 cm³/mol. The quantitative estimate of drug-likeness (QED) is 0.0274.